The molecule has 1 atom stereocenters. The standard InChI is InChI=1S/C20H27NO3/c1-6-23-17(22)16(12-21)20(15-10-8-7-9-11-15)13-18(2,3)24-19(4,5)14-20/h7-11,16H,6,13-14H2,1-5H3. The number of benzene rings is 1. The van der Waals surface area contributed by atoms with Crippen molar-refractivity contribution >= 4 is 5.97 Å². The van der Waals surface area contributed by atoms with Gasteiger partial charge in [0.05, 0.1) is 23.9 Å². The average Bonchev–Trinajstić information content (AvgIpc) is 2.46. The Labute approximate surface area is 144 Å². The lowest BCUT2D eigenvalue weighted by molar-refractivity contribution is -0.190. The number of nitrogens with zero attached hydrogens (tertiary/aromatic N) is 1. The summed E-state index contributed by atoms with van der Waals surface area (Å²) in [5, 5.41) is 9.85. The largest absolute Gasteiger partial charge is 0.465 e. The molecule has 0 saturated carbocycles. The average molecular weight is 329 g/mol. The Morgan fingerprint density at radius 3 is 2.21 bits per heavy atom. The Kier molecular flexibility index (Phi) is 5.05. The van der Waals surface area contributed by atoms with Crippen molar-refractivity contribution in [1.82, 2.24) is 0 Å². The van der Waals surface area contributed by atoms with Crippen molar-refractivity contribution in [2.24, 2.45) is 5.92 Å². The van der Waals surface area contributed by atoms with Gasteiger partial charge in [0.2, 0.25) is 0 Å². The molecule has 1 aromatic carbocycles. The summed E-state index contributed by atoms with van der Waals surface area (Å²) in [5.41, 5.74) is -0.527. The first-order valence-corrected chi connectivity index (χ1v) is 8.48. The molecule has 0 N–H and O–H groups in total. The Morgan fingerprint density at radius 1 is 1.21 bits per heavy atom. The number of hydrogen-bond donors (Lipinski definition) is 0. The second kappa shape index (κ2) is 6.57. The van der Waals surface area contributed by atoms with E-state index >= 15 is 0 Å². The van der Waals surface area contributed by atoms with Crippen molar-refractivity contribution in [3.05, 3.63) is 35.9 Å². The molecule has 0 spiro atoms. The SMILES string of the molecule is CCOC(=O)C(C#N)C1(c2ccccc2)CC(C)(C)OC(C)(C)C1. The molecule has 1 fully saturated rings. The van der Waals surface area contributed by atoms with Gasteiger partial charge < -0.3 is 9.47 Å². The van der Waals surface area contributed by atoms with Crippen LogP contribution < -0.4 is 0 Å². The second-order valence-corrected chi connectivity index (χ2v) is 7.81. The van der Waals surface area contributed by atoms with E-state index in [2.05, 4.69) is 6.07 Å². The smallest absolute Gasteiger partial charge is 0.324 e. The molecule has 1 unspecified atom stereocenters. The van der Waals surface area contributed by atoms with Crippen molar-refractivity contribution in [2.75, 3.05) is 6.61 Å². The number of esters is 1. The molecule has 1 saturated heterocycles. The van der Waals surface area contributed by atoms with Gasteiger partial charge in [-0.1, -0.05) is 30.3 Å². The van der Waals surface area contributed by atoms with Gasteiger partial charge in [-0.25, -0.2) is 0 Å². The van der Waals surface area contributed by atoms with Crippen molar-refractivity contribution in [3.63, 3.8) is 0 Å². The third-order valence-corrected chi connectivity index (χ3v) is 4.59. The molecule has 2 rings (SSSR count). The molecule has 1 heterocycles. The van der Waals surface area contributed by atoms with Crippen LogP contribution in [-0.4, -0.2) is 23.8 Å². The predicted octanol–water partition coefficient (Wildman–Crippen LogP) is 3.99. The van der Waals surface area contributed by atoms with Crippen molar-refractivity contribution in [1.29, 1.82) is 5.26 Å². The van der Waals surface area contributed by atoms with Crippen LogP contribution in [-0.2, 0) is 19.7 Å². The maximum atomic E-state index is 12.6. The summed E-state index contributed by atoms with van der Waals surface area (Å²) in [6.07, 6.45) is 1.18. The Bertz CT molecular complexity index is 612. The molecule has 4 nitrogen and oxygen atoms in total. The third kappa shape index (κ3) is 3.62. The Hall–Kier alpha value is -1.86. The van der Waals surface area contributed by atoms with Crippen molar-refractivity contribution < 1.29 is 14.3 Å². The third-order valence-electron chi connectivity index (χ3n) is 4.59. The molecule has 0 aromatic heterocycles. The maximum Gasteiger partial charge on any atom is 0.324 e. The summed E-state index contributed by atoms with van der Waals surface area (Å²) >= 11 is 0. The maximum absolute atomic E-state index is 12.6. The van der Waals surface area contributed by atoms with Gasteiger partial charge in [0.15, 0.2) is 5.92 Å². The zero-order valence-corrected chi connectivity index (χ0v) is 15.3. The summed E-state index contributed by atoms with van der Waals surface area (Å²) in [6, 6.07) is 12.1. The number of nitriles is 1. The molecule has 0 radical (unpaired) electrons. The van der Waals surface area contributed by atoms with E-state index in [9.17, 15) is 10.1 Å². The first kappa shape index (κ1) is 18.5. The number of carbonyl (C=O) groups excluding carboxylic acids is 1. The van der Waals surface area contributed by atoms with Crippen LogP contribution in [0.15, 0.2) is 30.3 Å². The van der Waals surface area contributed by atoms with E-state index in [0.29, 0.717) is 12.8 Å². The van der Waals surface area contributed by atoms with Crippen LogP contribution in [0.1, 0.15) is 53.0 Å². The number of carbonyl (C=O) groups is 1. The van der Waals surface area contributed by atoms with Gasteiger partial charge in [0.1, 0.15) is 0 Å². The lowest BCUT2D eigenvalue weighted by Crippen LogP contribution is -2.56. The zero-order valence-electron chi connectivity index (χ0n) is 15.3. The van der Waals surface area contributed by atoms with Crippen molar-refractivity contribution in [3.8, 4) is 6.07 Å². The van der Waals surface area contributed by atoms with E-state index in [4.69, 9.17) is 9.47 Å². The fraction of sp³-hybridized carbons (Fsp3) is 0.600. The second-order valence-electron chi connectivity index (χ2n) is 7.81. The van der Waals surface area contributed by atoms with E-state index in [-0.39, 0.29) is 6.61 Å². The van der Waals surface area contributed by atoms with Gasteiger partial charge >= 0.3 is 5.97 Å². The highest BCUT2D eigenvalue weighted by atomic mass is 16.5. The number of hydrogen-bond acceptors (Lipinski definition) is 4. The fourth-order valence-corrected chi connectivity index (χ4v) is 4.37. The first-order valence-electron chi connectivity index (χ1n) is 8.48. The van der Waals surface area contributed by atoms with E-state index in [1.54, 1.807) is 6.92 Å². The summed E-state index contributed by atoms with van der Waals surface area (Å²) in [7, 11) is 0. The van der Waals surface area contributed by atoms with Crippen LogP contribution in [0.4, 0.5) is 0 Å². The molecule has 1 aliphatic heterocycles. The molecular formula is C20H27NO3. The lowest BCUT2D eigenvalue weighted by atomic mass is 9.59. The van der Waals surface area contributed by atoms with Gasteiger partial charge in [0, 0.05) is 5.41 Å². The molecule has 1 aromatic rings. The molecular weight excluding hydrogens is 302 g/mol. The van der Waals surface area contributed by atoms with Gasteiger partial charge in [-0.15, -0.1) is 0 Å². The van der Waals surface area contributed by atoms with Gasteiger partial charge in [-0.05, 0) is 53.0 Å². The van der Waals surface area contributed by atoms with E-state index in [1.165, 1.54) is 0 Å². The minimum Gasteiger partial charge on any atom is -0.465 e. The molecule has 0 amide bonds. The molecule has 1 aliphatic rings. The minimum atomic E-state index is -0.859. The van der Waals surface area contributed by atoms with Crippen LogP contribution in [0.3, 0.4) is 0 Å². The van der Waals surface area contributed by atoms with Crippen LogP contribution in [0.2, 0.25) is 0 Å². The molecule has 4 heteroatoms. The Balaban J connectivity index is 2.62. The summed E-state index contributed by atoms with van der Waals surface area (Å²) < 4.78 is 11.4. The zero-order chi connectivity index (χ0) is 18.0. The van der Waals surface area contributed by atoms with Gasteiger partial charge in [0.25, 0.3) is 0 Å². The molecule has 0 bridgehead atoms. The fourth-order valence-electron chi connectivity index (χ4n) is 4.37. The number of rotatable bonds is 4. The highest BCUT2D eigenvalue weighted by Crippen LogP contribution is 2.52. The summed E-state index contributed by atoms with van der Waals surface area (Å²) in [6.45, 7) is 10.1. The molecule has 0 aliphatic carbocycles. The number of ether oxygens (including phenoxy) is 2. The monoisotopic (exact) mass is 329 g/mol. The topological polar surface area (TPSA) is 59.3 Å². The van der Waals surface area contributed by atoms with Gasteiger partial charge in [-0.3, -0.25) is 4.79 Å². The normalized spacial score (nSPS) is 22.2. The van der Waals surface area contributed by atoms with Crippen LogP contribution >= 0.6 is 0 Å². The quantitative estimate of drug-likeness (QED) is 0.784. The predicted molar refractivity (Wildman–Crippen MR) is 92.3 cm³/mol. The highest BCUT2D eigenvalue weighted by molar-refractivity contribution is 5.78. The van der Waals surface area contributed by atoms with E-state index in [0.717, 1.165) is 5.56 Å². The molecule has 24 heavy (non-hydrogen) atoms. The minimum absolute atomic E-state index is 0.269. The van der Waals surface area contributed by atoms with E-state index in [1.807, 2.05) is 58.0 Å². The first-order chi connectivity index (χ1) is 11.2. The highest BCUT2D eigenvalue weighted by Gasteiger charge is 2.55. The molecule has 130 valence electrons. The van der Waals surface area contributed by atoms with Crippen LogP contribution in [0, 0.1) is 17.2 Å². The van der Waals surface area contributed by atoms with Crippen LogP contribution in [0.5, 0.6) is 0 Å². The Morgan fingerprint density at radius 2 is 1.75 bits per heavy atom. The van der Waals surface area contributed by atoms with E-state index < -0.39 is 28.5 Å². The summed E-state index contributed by atoms with van der Waals surface area (Å²) in [5.74, 6) is -1.31. The summed E-state index contributed by atoms with van der Waals surface area (Å²) in [4.78, 5) is 12.6. The van der Waals surface area contributed by atoms with Gasteiger partial charge in [-0.2, -0.15) is 5.26 Å². The van der Waals surface area contributed by atoms with Crippen molar-refractivity contribution in [2.45, 2.75) is 64.1 Å². The van der Waals surface area contributed by atoms with Crippen LogP contribution in [0.25, 0.3) is 0 Å². The lowest BCUT2D eigenvalue weighted by Gasteiger charge is -2.53.